The van der Waals surface area contributed by atoms with Gasteiger partial charge in [-0.15, -0.1) is 0 Å². The van der Waals surface area contributed by atoms with E-state index in [0.717, 1.165) is 11.1 Å². The van der Waals surface area contributed by atoms with Crippen molar-refractivity contribution in [3.8, 4) is 29.7 Å². The minimum Gasteiger partial charge on any atom is -0.490 e. The second-order valence-electron chi connectivity index (χ2n) is 7.03. The summed E-state index contributed by atoms with van der Waals surface area (Å²) >= 11 is 0. The van der Waals surface area contributed by atoms with Crippen LogP contribution in [-0.4, -0.2) is 32.0 Å². The molecule has 3 atom stereocenters. The van der Waals surface area contributed by atoms with Crippen LogP contribution in [0.1, 0.15) is 25.3 Å². The Balaban J connectivity index is 2.21. The first-order valence-corrected chi connectivity index (χ1v) is 9.69. The van der Waals surface area contributed by atoms with Crippen molar-refractivity contribution >= 4 is 5.71 Å². The lowest BCUT2D eigenvalue weighted by atomic mass is 9.54. The van der Waals surface area contributed by atoms with E-state index in [0.29, 0.717) is 37.8 Å². The van der Waals surface area contributed by atoms with Gasteiger partial charge in [-0.1, -0.05) is 12.1 Å². The molecule has 1 fully saturated rings. The summed E-state index contributed by atoms with van der Waals surface area (Å²) in [6.07, 6.45) is 1.92. The Bertz CT molecular complexity index is 949. The van der Waals surface area contributed by atoms with Crippen molar-refractivity contribution in [1.82, 2.24) is 5.32 Å². The van der Waals surface area contributed by atoms with Gasteiger partial charge in [0.15, 0.2) is 16.9 Å². The van der Waals surface area contributed by atoms with Gasteiger partial charge < -0.3 is 20.2 Å². The van der Waals surface area contributed by atoms with Gasteiger partial charge in [0, 0.05) is 24.9 Å². The lowest BCUT2D eigenvalue weighted by Gasteiger charge is -2.45. The average molecular weight is 389 g/mol. The third-order valence-electron chi connectivity index (χ3n) is 5.60. The Morgan fingerprint density at radius 3 is 2.45 bits per heavy atom. The SMILES string of the molecule is CCOc1ccc([C@H]2[C@H]3CNCC=C3[C@H](C#N)C(=N)C2(C#N)C#N)cc1OCC. The summed E-state index contributed by atoms with van der Waals surface area (Å²) in [5.41, 5.74) is -0.334. The minimum atomic E-state index is -1.72. The van der Waals surface area contributed by atoms with Crippen molar-refractivity contribution in [3.63, 3.8) is 0 Å². The maximum absolute atomic E-state index is 10.0. The van der Waals surface area contributed by atoms with Gasteiger partial charge in [-0.25, -0.2) is 0 Å². The second kappa shape index (κ2) is 8.35. The summed E-state index contributed by atoms with van der Waals surface area (Å²) in [6.45, 7) is 5.81. The van der Waals surface area contributed by atoms with Crippen molar-refractivity contribution in [2.75, 3.05) is 26.3 Å². The predicted molar refractivity (Wildman–Crippen MR) is 106 cm³/mol. The van der Waals surface area contributed by atoms with Crippen LogP contribution in [0, 0.1) is 56.7 Å². The molecular formula is C22H23N5O2. The van der Waals surface area contributed by atoms with Gasteiger partial charge in [0.05, 0.1) is 37.1 Å². The number of fused-ring (bicyclic) bond motifs is 1. The highest BCUT2D eigenvalue weighted by molar-refractivity contribution is 6.00. The number of benzene rings is 1. The van der Waals surface area contributed by atoms with Crippen LogP contribution in [0.4, 0.5) is 0 Å². The van der Waals surface area contributed by atoms with Crippen LogP contribution in [0.15, 0.2) is 29.8 Å². The highest BCUT2D eigenvalue weighted by atomic mass is 16.5. The normalized spacial score (nSPS) is 24.9. The number of ether oxygens (including phenoxy) is 2. The zero-order valence-electron chi connectivity index (χ0n) is 16.5. The molecule has 0 spiro atoms. The van der Waals surface area contributed by atoms with Gasteiger partial charge in [-0.2, -0.15) is 15.8 Å². The Kier molecular flexibility index (Phi) is 5.87. The summed E-state index contributed by atoms with van der Waals surface area (Å²) in [4.78, 5) is 0. The quantitative estimate of drug-likeness (QED) is 0.746. The second-order valence-corrected chi connectivity index (χ2v) is 7.03. The third-order valence-corrected chi connectivity index (χ3v) is 5.60. The molecule has 1 aromatic carbocycles. The fourth-order valence-corrected chi connectivity index (χ4v) is 4.37. The third kappa shape index (κ3) is 3.23. The molecule has 1 aliphatic carbocycles. The summed E-state index contributed by atoms with van der Waals surface area (Å²) < 4.78 is 11.4. The van der Waals surface area contributed by atoms with Gasteiger partial charge in [-0.3, -0.25) is 0 Å². The smallest absolute Gasteiger partial charge is 0.189 e. The fraction of sp³-hybridized carbons (Fsp3) is 0.455. The lowest BCUT2D eigenvalue weighted by Crippen LogP contribution is -2.52. The van der Waals surface area contributed by atoms with Gasteiger partial charge in [0.1, 0.15) is 5.92 Å². The molecule has 7 nitrogen and oxygen atoms in total. The van der Waals surface area contributed by atoms with Crippen LogP contribution >= 0.6 is 0 Å². The molecule has 7 heteroatoms. The minimum absolute atomic E-state index is 0.147. The molecule has 3 rings (SSSR count). The van der Waals surface area contributed by atoms with E-state index in [2.05, 4.69) is 23.5 Å². The zero-order chi connectivity index (χ0) is 21.0. The van der Waals surface area contributed by atoms with E-state index < -0.39 is 17.3 Å². The summed E-state index contributed by atoms with van der Waals surface area (Å²) in [6, 6.07) is 11.7. The van der Waals surface area contributed by atoms with Gasteiger partial charge >= 0.3 is 0 Å². The van der Waals surface area contributed by atoms with Crippen molar-refractivity contribution in [3.05, 3.63) is 35.4 Å². The van der Waals surface area contributed by atoms with Crippen LogP contribution in [0.5, 0.6) is 11.5 Å². The molecule has 0 bridgehead atoms. The van der Waals surface area contributed by atoms with Gasteiger partial charge in [0.25, 0.3) is 0 Å². The standard InChI is InChI=1S/C22H23N5O2/c1-3-28-18-6-5-14(9-19(18)29-4-2)20-17-11-27-8-7-15(17)16(10-23)21(26)22(20,12-24)13-25/h5-7,9,16-17,20,26-27H,3-4,8,11H2,1-2H3/t16-,17-,20-/m0/s1. The lowest BCUT2D eigenvalue weighted by molar-refractivity contribution is 0.285. The molecule has 1 aromatic rings. The maximum Gasteiger partial charge on any atom is 0.189 e. The van der Waals surface area contributed by atoms with Gasteiger partial charge in [0.2, 0.25) is 0 Å². The molecule has 0 amide bonds. The first-order chi connectivity index (χ1) is 14.1. The monoisotopic (exact) mass is 389 g/mol. The number of nitrogens with one attached hydrogen (secondary N) is 2. The molecule has 2 aliphatic rings. The Morgan fingerprint density at radius 1 is 1.14 bits per heavy atom. The largest absolute Gasteiger partial charge is 0.490 e. The van der Waals surface area contributed by atoms with E-state index in [9.17, 15) is 15.8 Å². The van der Waals surface area contributed by atoms with Gasteiger partial charge in [-0.05, 0) is 37.1 Å². The summed E-state index contributed by atoms with van der Waals surface area (Å²) in [5.74, 6) is -0.555. The van der Waals surface area contributed by atoms with Crippen molar-refractivity contribution in [1.29, 1.82) is 21.2 Å². The summed E-state index contributed by atoms with van der Waals surface area (Å²) in [7, 11) is 0. The van der Waals surface area contributed by atoms with Crippen molar-refractivity contribution in [2.45, 2.75) is 19.8 Å². The Morgan fingerprint density at radius 2 is 1.83 bits per heavy atom. The zero-order valence-corrected chi connectivity index (χ0v) is 16.5. The number of rotatable bonds is 5. The van der Waals surface area contributed by atoms with E-state index in [4.69, 9.17) is 14.9 Å². The predicted octanol–water partition coefficient (Wildman–Crippen LogP) is 2.92. The number of nitriles is 3. The molecule has 148 valence electrons. The van der Waals surface area contributed by atoms with Crippen molar-refractivity contribution < 1.29 is 9.47 Å². The van der Waals surface area contributed by atoms with Crippen LogP contribution in [0.2, 0.25) is 0 Å². The van der Waals surface area contributed by atoms with Crippen LogP contribution < -0.4 is 14.8 Å². The fourth-order valence-electron chi connectivity index (χ4n) is 4.37. The topological polar surface area (TPSA) is 126 Å². The van der Waals surface area contributed by atoms with Crippen LogP contribution in [-0.2, 0) is 0 Å². The molecule has 0 saturated heterocycles. The molecule has 0 aromatic heterocycles. The van der Waals surface area contributed by atoms with E-state index in [1.54, 1.807) is 12.1 Å². The Hall–Kier alpha value is -3.34. The van der Waals surface area contributed by atoms with E-state index in [1.165, 1.54) is 0 Å². The maximum atomic E-state index is 10.0. The summed E-state index contributed by atoms with van der Waals surface area (Å²) in [5, 5.41) is 41.6. The highest BCUT2D eigenvalue weighted by Gasteiger charge is 2.57. The van der Waals surface area contributed by atoms with E-state index in [-0.39, 0.29) is 11.6 Å². The number of hydrogen-bond acceptors (Lipinski definition) is 7. The number of hydrogen-bond donors (Lipinski definition) is 2. The molecule has 0 unspecified atom stereocenters. The average Bonchev–Trinajstić information content (AvgIpc) is 2.75. The molecule has 0 radical (unpaired) electrons. The Labute approximate surface area is 170 Å². The highest BCUT2D eigenvalue weighted by Crippen LogP contribution is 2.53. The number of nitrogens with zero attached hydrogens (tertiary/aromatic N) is 3. The van der Waals surface area contributed by atoms with E-state index >= 15 is 0 Å². The molecule has 2 N–H and O–H groups in total. The molecule has 29 heavy (non-hydrogen) atoms. The van der Waals surface area contributed by atoms with Crippen molar-refractivity contribution in [2.24, 2.45) is 17.3 Å². The molecule has 1 saturated carbocycles. The molecular weight excluding hydrogens is 366 g/mol. The van der Waals surface area contributed by atoms with Crippen LogP contribution in [0.25, 0.3) is 0 Å². The first-order valence-electron chi connectivity index (χ1n) is 9.69. The van der Waals surface area contributed by atoms with Crippen LogP contribution in [0.3, 0.4) is 0 Å². The molecule has 1 aliphatic heterocycles. The van der Waals surface area contributed by atoms with E-state index in [1.807, 2.05) is 26.0 Å². The first kappa shape index (κ1) is 20.4. The molecule has 1 heterocycles.